The van der Waals surface area contributed by atoms with Crippen LogP contribution in [0, 0.1) is 19.7 Å². The molecule has 1 N–H and O–H groups in total. The highest BCUT2D eigenvalue weighted by atomic mass is 19.1. The quantitative estimate of drug-likeness (QED) is 0.925. The van der Waals surface area contributed by atoms with Crippen LogP contribution in [0.2, 0.25) is 0 Å². The third-order valence-corrected chi connectivity index (χ3v) is 3.39. The topological polar surface area (TPSA) is 46.5 Å². The van der Waals surface area contributed by atoms with Gasteiger partial charge in [0.1, 0.15) is 11.6 Å². The molecule has 0 aliphatic rings. The Kier molecular flexibility index (Phi) is 3.74. The summed E-state index contributed by atoms with van der Waals surface area (Å²) in [5, 5.41) is 8.99. The lowest BCUT2D eigenvalue weighted by Gasteiger charge is -2.14. The second kappa shape index (κ2) is 5.33. The molecule has 3 nitrogen and oxygen atoms in total. The Balaban J connectivity index is 2.66. The first-order chi connectivity index (χ1) is 9.45. The summed E-state index contributed by atoms with van der Waals surface area (Å²) in [7, 11) is 1.56. The van der Waals surface area contributed by atoms with E-state index in [2.05, 4.69) is 0 Å². The van der Waals surface area contributed by atoms with Crippen LogP contribution in [0.5, 0.6) is 5.75 Å². The normalized spacial score (nSPS) is 10.4. The second-order valence-corrected chi connectivity index (χ2v) is 4.59. The van der Waals surface area contributed by atoms with E-state index in [1.807, 2.05) is 26.0 Å². The predicted octanol–water partition coefficient (Wildman–Crippen LogP) is 3.82. The van der Waals surface area contributed by atoms with Gasteiger partial charge in [0.2, 0.25) is 0 Å². The molecule has 0 saturated carbocycles. The first-order valence-corrected chi connectivity index (χ1v) is 6.13. The van der Waals surface area contributed by atoms with Gasteiger partial charge in [0.05, 0.1) is 12.7 Å². The van der Waals surface area contributed by atoms with Crippen molar-refractivity contribution >= 4 is 5.97 Å². The molecule has 0 heterocycles. The second-order valence-electron chi connectivity index (χ2n) is 4.59. The largest absolute Gasteiger partial charge is 0.496 e. The summed E-state index contributed by atoms with van der Waals surface area (Å²) < 4.78 is 18.9. The van der Waals surface area contributed by atoms with Crippen LogP contribution in [-0.2, 0) is 0 Å². The van der Waals surface area contributed by atoms with Gasteiger partial charge in [0, 0.05) is 5.56 Å². The fraction of sp³-hybridized carbons (Fsp3) is 0.188. The Hall–Kier alpha value is -2.36. The van der Waals surface area contributed by atoms with Gasteiger partial charge < -0.3 is 9.84 Å². The van der Waals surface area contributed by atoms with Crippen LogP contribution in [0.15, 0.2) is 30.3 Å². The molecular formula is C16H15FO3. The van der Waals surface area contributed by atoms with Crippen molar-refractivity contribution in [3.8, 4) is 16.9 Å². The lowest BCUT2D eigenvalue weighted by Crippen LogP contribution is -2.01. The highest BCUT2D eigenvalue weighted by Crippen LogP contribution is 2.35. The molecule has 2 rings (SSSR count). The monoisotopic (exact) mass is 274 g/mol. The van der Waals surface area contributed by atoms with Gasteiger partial charge in [0.15, 0.2) is 0 Å². The third kappa shape index (κ3) is 2.37. The maximum absolute atomic E-state index is 13.4. The number of hydrogen-bond acceptors (Lipinski definition) is 2. The van der Waals surface area contributed by atoms with Crippen LogP contribution in [0.25, 0.3) is 11.1 Å². The zero-order chi connectivity index (χ0) is 14.9. The number of aryl methyl sites for hydroxylation is 1. The summed E-state index contributed by atoms with van der Waals surface area (Å²) in [6, 6.07) is 7.81. The third-order valence-electron chi connectivity index (χ3n) is 3.39. The Labute approximate surface area is 116 Å². The van der Waals surface area contributed by atoms with E-state index in [0.717, 1.165) is 22.8 Å². The van der Waals surface area contributed by atoms with E-state index in [0.29, 0.717) is 11.3 Å². The molecular weight excluding hydrogens is 259 g/mol. The Morgan fingerprint density at radius 3 is 2.50 bits per heavy atom. The molecule has 0 unspecified atom stereocenters. The van der Waals surface area contributed by atoms with Crippen molar-refractivity contribution in [2.45, 2.75) is 13.8 Å². The zero-order valence-corrected chi connectivity index (χ0v) is 11.5. The van der Waals surface area contributed by atoms with E-state index in [4.69, 9.17) is 9.84 Å². The lowest BCUT2D eigenvalue weighted by molar-refractivity contribution is 0.0692. The van der Waals surface area contributed by atoms with E-state index < -0.39 is 11.8 Å². The van der Waals surface area contributed by atoms with Crippen molar-refractivity contribution in [3.63, 3.8) is 0 Å². The summed E-state index contributed by atoms with van der Waals surface area (Å²) in [4.78, 5) is 11.0. The van der Waals surface area contributed by atoms with Gasteiger partial charge in [-0.1, -0.05) is 18.2 Å². The van der Waals surface area contributed by atoms with Crippen LogP contribution in [0.4, 0.5) is 4.39 Å². The molecule has 0 fully saturated rings. The maximum atomic E-state index is 13.4. The molecule has 104 valence electrons. The average molecular weight is 274 g/mol. The fourth-order valence-electron chi connectivity index (χ4n) is 2.14. The molecule has 0 aromatic heterocycles. The molecule has 0 spiro atoms. The number of hydrogen-bond donors (Lipinski definition) is 1. The van der Waals surface area contributed by atoms with Crippen molar-refractivity contribution in [1.29, 1.82) is 0 Å². The number of rotatable bonds is 3. The highest BCUT2D eigenvalue weighted by Gasteiger charge is 2.15. The van der Waals surface area contributed by atoms with Crippen LogP contribution in [0.3, 0.4) is 0 Å². The summed E-state index contributed by atoms with van der Waals surface area (Å²) in [6.07, 6.45) is 0. The number of ether oxygens (including phenoxy) is 1. The molecule has 4 heteroatoms. The molecule has 0 radical (unpaired) electrons. The number of carboxylic acid groups (broad SMARTS) is 1. The van der Waals surface area contributed by atoms with Gasteiger partial charge in [-0.15, -0.1) is 0 Å². The highest BCUT2D eigenvalue weighted by molar-refractivity contribution is 5.90. The summed E-state index contributed by atoms with van der Waals surface area (Å²) in [5.74, 6) is -1.36. The molecule has 0 aliphatic carbocycles. The lowest BCUT2D eigenvalue weighted by atomic mass is 9.97. The number of methoxy groups -OCH3 is 1. The van der Waals surface area contributed by atoms with Crippen LogP contribution in [0.1, 0.15) is 21.5 Å². The standard InChI is InChI=1S/C16H15FO3/c1-9-4-6-12(15(20-3)10(9)2)11-5-7-14(17)13(8-11)16(18)19/h4-8H,1-3H3,(H,18,19). The molecule has 20 heavy (non-hydrogen) atoms. The Morgan fingerprint density at radius 1 is 1.20 bits per heavy atom. The van der Waals surface area contributed by atoms with E-state index in [-0.39, 0.29) is 5.56 Å². The van der Waals surface area contributed by atoms with Crippen LogP contribution >= 0.6 is 0 Å². The molecule has 0 bridgehead atoms. The molecule has 2 aromatic carbocycles. The number of benzene rings is 2. The maximum Gasteiger partial charge on any atom is 0.338 e. The Bertz CT molecular complexity index is 678. The van der Waals surface area contributed by atoms with Gasteiger partial charge in [-0.2, -0.15) is 0 Å². The summed E-state index contributed by atoms with van der Waals surface area (Å²) >= 11 is 0. The van der Waals surface area contributed by atoms with Crippen molar-refractivity contribution in [2.24, 2.45) is 0 Å². The SMILES string of the molecule is COc1c(-c2ccc(F)c(C(=O)O)c2)ccc(C)c1C. The minimum Gasteiger partial charge on any atom is -0.496 e. The van der Waals surface area contributed by atoms with Gasteiger partial charge in [-0.3, -0.25) is 0 Å². The number of aromatic carboxylic acids is 1. The summed E-state index contributed by atoms with van der Waals surface area (Å²) in [6.45, 7) is 3.90. The van der Waals surface area contributed by atoms with Crippen molar-refractivity contribution in [2.75, 3.05) is 7.11 Å². The Morgan fingerprint density at radius 2 is 1.90 bits per heavy atom. The minimum absolute atomic E-state index is 0.345. The fourth-order valence-corrected chi connectivity index (χ4v) is 2.14. The van der Waals surface area contributed by atoms with Gasteiger partial charge >= 0.3 is 5.97 Å². The smallest absolute Gasteiger partial charge is 0.338 e. The van der Waals surface area contributed by atoms with Gasteiger partial charge in [-0.25, -0.2) is 9.18 Å². The van der Waals surface area contributed by atoms with E-state index >= 15 is 0 Å². The van der Waals surface area contributed by atoms with Gasteiger partial charge in [0.25, 0.3) is 0 Å². The zero-order valence-electron chi connectivity index (χ0n) is 11.5. The molecule has 0 atom stereocenters. The van der Waals surface area contributed by atoms with Gasteiger partial charge in [-0.05, 0) is 42.7 Å². The molecule has 0 amide bonds. The average Bonchev–Trinajstić information content (AvgIpc) is 2.42. The first-order valence-electron chi connectivity index (χ1n) is 6.13. The van der Waals surface area contributed by atoms with E-state index in [1.165, 1.54) is 6.07 Å². The summed E-state index contributed by atoms with van der Waals surface area (Å²) in [5.41, 5.74) is 3.07. The molecule has 0 saturated heterocycles. The van der Waals surface area contributed by atoms with E-state index in [9.17, 15) is 9.18 Å². The van der Waals surface area contributed by atoms with Crippen molar-refractivity contribution in [3.05, 3.63) is 52.8 Å². The van der Waals surface area contributed by atoms with Crippen LogP contribution < -0.4 is 4.74 Å². The molecule has 0 aliphatic heterocycles. The minimum atomic E-state index is -1.29. The first kappa shape index (κ1) is 14.1. The number of halogens is 1. The number of carboxylic acids is 1. The predicted molar refractivity (Wildman–Crippen MR) is 74.8 cm³/mol. The molecule has 2 aromatic rings. The van der Waals surface area contributed by atoms with E-state index in [1.54, 1.807) is 13.2 Å². The number of carbonyl (C=O) groups is 1. The van der Waals surface area contributed by atoms with Crippen LogP contribution in [-0.4, -0.2) is 18.2 Å². The van der Waals surface area contributed by atoms with Crippen molar-refractivity contribution in [1.82, 2.24) is 0 Å². The van der Waals surface area contributed by atoms with Crippen molar-refractivity contribution < 1.29 is 19.0 Å².